The van der Waals surface area contributed by atoms with Crippen molar-refractivity contribution in [3.05, 3.63) is 94.9 Å². The molecule has 12 nitrogen and oxygen atoms in total. The second kappa shape index (κ2) is 12.5. The van der Waals surface area contributed by atoms with Gasteiger partial charge in [-0.2, -0.15) is 4.68 Å². The Hall–Kier alpha value is -5.37. The average molecular weight is 618 g/mol. The number of amides is 3. The molecule has 226 valence electrons. The quantitative estimate of drug-likeness (QED) is 0.212. The third kappa shape index (κ3) is 6.20. The van der Waals surface area contributed by atoms with Crippen molar-refractivity contribution < 1.29 is 28.3 Å². The molecule has 0 spiro atoms. The monoisotopic (exact) mass is 617 g/mol. The number of nitrogens with one attached hydrogen (secondary N) is 3. The van der Waals surface area contributed by atoms with Gasteiger partial charge in [0.15, 0.2) is 11.6 Å². The number of hydrogen-bond donors (Lipinski definition) is 3. The Bertz CT molecular complexity index is 1860. The minimum absolute atomic E-state index is 0.0370. The predicted molar refractivity (Wildman–Crippen MR) is 163 cm³/mol. The van der Waals surface area contributed by atoms with Gasteiger partial charge < -0.3 is 25.3 Å². The molecule has 2 aromatic carbocycles. The number of para-hydroxylation sites is 1. The van der Waals surface area contributed by atoms with E-state index in [-0.39, 0.29) is 38.0 Å². The molecule has 3 heterocycles. The van der Waals surface area contributed by atoms with Crippen molar-refractivity contribution in [2.24, 2.45) is 7.05 Å². The van der Waals surface area contributed by atoms with E-state index in [9.17, 15) is 23.6 Å². The third-order valence-electron chi connectivity index (χ3n) is 6.66. The molecule has 0 fully saturated rings. The lowest BCUT2D eigenvalue weighted by Gasteiger charge is -2.26. The van der Waals surface area contributed by atoms with Crippen LogP contribution in [0.2, 0.25) is 0 Å². The third-order valence-corrected chi connectivity index (χ3v) is 7.77. The number of carbonyl (C=O) groups excluding carboxylic acids is 4. The molecule has 0 unspecified atom stereocenters. The minimum Gasteiger partial charge on any atom is -0.445 e. The maximum Gasteiger partial charge on any atom is 0.436 e. The molecule has 0 saturated carbocycles. The Balaban J connectivity index is 1.45. The van der Waals surface area contributed by atoms with Crippen LogP contribution in [0.25, 0.3) is 10.2 Å². The van der Waals surface area contributed by atoms with E-state index in [0.29, 0.717) is 0 Å². The normalized spacial score (nSPS) is 11.3. The SMILES string of the molecule is Cn1ccnc1C(=O)Nc1ccccc1C(=O)Nc1nn(C(=O)OCCF)c2sc(C(=O)NC(C)(C)c3ccccc3)cc12. The van der Waals surface area contributed by atoms with Gasteiger partial charge >= 0.3 is 6.09 Å². The second-order valence-corrected chi connectivity index (χ2v) is 11.2. The van der Waals surface area contributed by atoms with Crippen molar-refractivity contribution in [3.63, 3.8) is 0 Å². The fourth-order valence-corrected chi connectivity index (χ4v) is 5.42. The molecule has 0 saturated heterocycles. The molecule has 14 heteroatoms. The number of thiophene rings is 1. The van der Waals surface area contributed by atoms with Crippen molar-refractivity contribution >= 4 is 56.9 Å². The summed E-state index contributed by atoms with van der Waals surface area (Å²) in [5.41, 5.74) is 0.484. The van der Waals surface area contributed by atoms with Crippen LogP contribution in [0.15, 0.2) is 73.1 Å². The zero-order valence-electron chi connectivity index (χ0n) is 24.0. The van der Waals surface area contributed by atoms with Crippen LogP contribution < -0.4 is 16.0 Å². The number of aromatic nitrogens is 4. The average Bonchev–Trinajstić information content (AvgIpc) is 3.72. The maximum absolute atomic E-state index is 13.5. The molecule has 3 N–H and O–H groups in total. The number of halogens is 1. The van der Waals surface area contributed by atoms with E-state index < -0.39 is 42.6 Å². The lowest BCUT2D eigenvalue weighted by atomic mass is 9.94. The smallest absolute Gasteiger partial charge is 0.436 e. The van der Waals surface area contributed by atoms with Crippen LogP contribution in [-0.4, -0.2) is 56.4 Å². The van der Waals surface area contributed by atoms with Crippen molar-refractivity contribution in [2.45, 2.75) is 19.4 Å². The van der Waals surface area contributed by atoms with Gasteiger partial charge in [-0.3, -0.25) is 14.4 Å². The molecular formula is C30H28FN7O5S. The summed E-state index contributed by atoms with van der Waals surface area (Å²) in [6.07, 6.45) is 2.12. The molecule has 3 aromatic heterocycles. The Morgan fingerprint density at radius 2 is 1.70 bits per heavy atom. The first-order chi connectivity index (χ1) is 21.1. The first kappa shape index (κ1) is 30.1. The zero-order valence-corrected chi connectivity index (χ0v) is 24.8. The molecule has 0 aliphatic heterocycles. The van der Waals surface area contributed by atoms with E-state index in [1.165, 1.54) is 22.9 Å². The summed E-state index contributed by atoms with van der Waals surface area (Å²) in [5, 5.41) is 12.8. The van der Waals surface area contributed by atoms with Gasteiger partial charge in [0.25, 0.3) is 17.7 Å². The largest absolute Gasteiger partial charge is 0.445 e. The summed E-state index contributed by atoms with van der Waals surface area (Å²) >= 11 is 0.961. The lowest BCUT2D eigenvalue weighted by Crippen LogP contribution is -2.40. The number of imidazole rings is 1. The van der Waals surface area contributed by atoms with Gasteiger partial charge in [0.1, 0.15) is 18.1 Å². The Morgan fingerprint density at radius 3 is 2.41 bits per heavy atom. The first-order valence-electron chi connectivity index (χ1n) is 13.4. The molecule has 0 aliphatic carbocycles. The van der Waals surface area contributed by atoms with Crippen LogP contribution in [0.1, 0.15) is 50.1 Å². The molecule has 44 heavy (non-hydrogen) atoms. The topological polar surface area (TPSA) is 149 Å². The fraction of sp³-hybridized carbons (Fsp3) is 0.200. The van der Waals surface area contributed by atoms with Crippen LogP contribution in [-0.2, 0) is 17.3 Å². The standard InChI is InChI=1S/C30H28FN7O5S/c1-30(2,18-9-5-4-6-10-18)35-26(40)22-17-20-23(36-38(28(20)44-22)29(42)43-16-13-31)34-25(39)19-11-7-8-12-21(19)33-27(41)24-32-14-15-37(24)3/h4-12,14-15,17H,13,16H2,1-3H3,(H,33,41)(H,35,40)(H,34,36,39). The molecule has 0 aliphatic rings. The number of alkyl halides is 1. The molecular weight excluding hydrogens is 589 g/mol. The highest BCUT2D eigenvalue weighted by Crippen LogP contribution is 2.33. The molecule has 5 rings (SSSR count). The summed E-state index contributed by atoms with van der Waals surface area (Å²) in [7, 11) is 1.67. The van der Waals surface area contributed by atoms with Crippen LogP contribution in [0.4, 0.5) is 20.7 Å². The van der Waals surface area contributed by atoms with Gasteiger partial charge in [0.05, 0.1) is 27.1 Å². The van der Waals surface area contributed by atoms with Crippen molar-refractivity contribution in [3.8, 4) is 0 Å². The van der Waals surface area contributed by atoms with E-state index >= 15 is 0 Å². The van der Waals surface area contributed by atoms with Crippen LogP contribution in [0.5, 0.6) is 0 Å². The number of nitrogens with zero attached hydrogens (tertiary/aromatic N) is 4. The molecule has 5 aromatic rings. The van der Waals surface area contributed by atoms with Crippen LogP contribution in [0.3, 0.4) is 0 Å². The van der Waals surface area contributed by atoms with Gasteiger partial charge in [0, 0.05) is 19.4 Å². The molecule has 0 bridgehead atoms. The van der Waals surface area contributed by atoms with E-state index in [4.69, 9.17) is 4.74 Å². The molecule has 3 amide bonds. The van der Waals surface area contributed by atoms with Crippen LogP contribution >= 0.6 is 11.3 Å². The predicted octanol–water partition coefficient (Wildman–Crippen LogP) is 4.96. The highest BCUT2D eigenvalue weighted by molar-refractivity contribution is 7.20. The minimum atomic E-state index is -0.977. The number of fused-ring (bicyclic) bond motifs is 1. The number of ether oxygens (including phenoxy) is 1. The van der Waals surface area contributed by atoms with E-state index in [2.05, 4.69) is 26.0 Å². The number of aryl methyl sites for hydroxylation is 1. The highest BCUT2D eigenvalue weighted by Gasteiger charge is 2.28. The molecule has 0 radical (unpaired) electrons. The van der Waals surface area contributed by atoms with Gasteiger partial charge in [0.2, 0.25) is 0 Å². The zero-order chi connectivity index (χ0) is 31.4. The van der Waals surface area contributed by atoms with Gasteiger partial charge in [-0.25, -0.2) is 14.2 Å². The lowest BCUT2D eigenvalue weighted by molar-refractivity contribution is 0.0915. The summed E-state index contributed by atoms with van der Waals surface area (Å²) in [6, 6.07) is 17.3. The summed E-state index contributed by atoms with van der Waals surface area (Å²) in [6.45, 7) is 2.33. The Kier molecular flexibility index (Phi) is 8.53. The number of benzene rings is 2. The first-order valence-corrected chi connectivity index (χ1v) is 14.2. The van der Waals surface area contributed by atoms with Gasteiger partial charge in [-0.15, -0.1) is 16.4 Å². The highest BCUT2D eigenvalue weighted by atomic mass is 32.1. The molecule has 0 atom stereocenters. The Morgan fingerprint density at radius 1 is 0.977 bits per heavy atom. The number of rotatable bonds is 9. The van der Waals surface area contributed by atoms with Gasteiger partial charge in [-0.05, 0) is 37.6 Å². The van der Waals surface area contributed by atoms with E-state index in [1.807, 2.05) is 44.2 Å². The van der Waals surface area contributed by atoms with Crippen molar-refractivity contribution in [1.82, 2.24) is 24.6 Å². The van der Waals surface area contributed by atoms with Crippen LogP contribution in [0, 0.1) is 0 Å². The Labute approximate surface area is 254 Å². The van der Waals surface area contributed by atoms with E-state index in [0.717, 1.165) is 21.6 Å². The van der Waals surface area contributed by atoms with Crippen molar-refractivity contribution in [1.29, 1.82) is 0 Å². The summed E-state index contributed by atoms with van der Waals surface area (Å²) < 4.78 is 20.1. The maximum atomic E-state index is 13.5. The number of carbonyl (C=O) groups is 4. The summed E-state index contributed by atoms with van der Waals surface area (Å²) in [4.78, 5) is 56.8. The fourth-order valence-electron chi connectivity index (χ4n) is 4.42. The number of anilines is 2. The van der Waals surface area contributed by atoms with E-state index in [1.54, 1.807) is 31.4 Å². The summed E-state index contributed by atoms with van der Waals surface area (Å²) in [5.74, 6) is -1.47. The van der Waals surface area contributed by atoms with Crippen molar-refractivity contribution in [2.75, 3.05) is 23.9 Å². The van der Waals surface area contributed by atoms with Gasteiger partial charge in [-0.1, -0.05) is 42.5 Å². The second-order valence-electron chi connectivity index (χ2n) is 10.2. The number of hydrogen-bond acceptors (Lipinski definition) is 8.